The lowest BCUT2D eigenvalue weighted by Crippen LogP contribution is -2.35. The number of nitrogens with zero attached hydrogens (tertiary/aromatic N) is 3. The van der Waals surface area contributed by atoms with Gasteiger partial charge in [0.2, 0.25) is 0 Å². The van der Waals surface area contributed by atoms with Gasteiger partial charge in [0.05, 0.1) is 11.4 Å². The van der Waals surface area contributed by atoms with Gasteiger partial charge in [0.1, 0.15) is 5.01 Å². The molecule has 118 valence electrons. The second-order valence-electron chi connectivity index (χ2n) is 6.13. The third-order valence-corrected chi connectivity index (χ3v) is 5.46. The van der Waals surface area contributed by atoms with Crippen LogP contribution in [0.4, 0.5) is 0 Å². The zero-order valence-corrected chi connectivity index (χ0v) is 13.8. The zero-order chi connectivity index (χ0) is 15.4. The molecule has 22 heavy (non-hydrogen) atoms. The summed E-state index contributed by atoms with van der Waals surface area (Å²) in [6.45, 7) is 1.23. The maximum Gasteiger partial charge on any atom is 0.142 e. The second-order valence-corrected chi connectivity index (χ2v) is 6.99. The van der Waals surface area contributed by atoms with Crippen molar-refractivity contribution in [3.63, 3.8) is 0 Å². The number of aliphatic hydroxyl groups excluding tert-OH is 1. The molecule has 2 aromatic heterocycles. The summed E-state index contributed by atoms with van der Waals surface area (Å²) in [4.78, 5) is 11.5. The minimum Gasteiger partial charge on any atom is -0.396 e. The minimum absolute atomic E-state index is 0.343. The molecular weight excluding hydrogens is 294 g/mol. The number of aliphatic hydroxyl groups is 1. The van der Waals surface area contributed by atoms with E-state index < -0.39 is 0 Å². The van der Waals surface area contributed by atoms with Crippen LogP contribution in [-0.4, -0.2) is 39.7 Å². The van der Waals surface area contributed by atoms with E-state index in [-0.39, 0.29) is 0 Å². The highest BCUT2D eigenvalue weighted by molar-refractivity contribution is 7.13. The Balaban J connectivity index is 1.58. The molecule has 1 fully saturated rings. The highest BCUT2D eigenvalue weighted by Gasteiger charge is 2.24. The van der Waals surface area contributed by atoms with E-state index in [4.69, 9.17) is 4.98 Å². The van der Waals surface area contributed by atoms with Crippen LogP contribution < -0.4 is 0 Å². The van der Waals surface area contributed by atoms with Crippen molar-refractivity contribution >= 4 is 11.3 Å². The van der Waals surface area contributed by atoms with Gasteiger partial charge in [-0.2, -0.15) is 0 Å². The van der Waals surface area contributed by atoms with Crippen LogP contribution in [0.25, 0.3) is 10.7 Å². The van der Waals surface area contributed by atoms with Gasteiger partial charge in [0.25, 0.3) is 0 Å². The van der Waals surface area contributed by atoms with Gasteiger partial charge < -0.3 is 5.11 Å². The van der Waals surface area contributed by atoms with Crippen LogP contribution in [0.3, 0.4) is 0 Å². The molecular formula is C17H23N3OS. The Morgan fingerprint density at radius 1 is 1.27 bits per heavy atom. The van der Waals surface area contributed by atoms with E-state index >= 15 is 0 Å². The summed E-state index contributed by atoms with van der Waals surface area (Å²) in [5.41, 5.74) is 2.07. The van der Waals surface area contributed by atoms with E-state index in [0.29, 0.717) is 18.6 Å². The third-order valence-electron chi connectivity index (χ3n) is 4.54. The predicted octanol–water partition coefficient (Wildman–Crippen LogP) is 3.19. The van der Waals surface area contributed by atoms with E-state index in [9.17, 15) is 5.11 Å². The standard InChI is InChI=1S/C17H23N3OS/c1-20(15-7-5-13(11-21)6-8-15)10-14-12-22-17(19-14)16-4-2-3-9-18-16/h2-4,9,12-13,15,21H,5-8,10-11H2,1H3. The molecule has 1 aliphatic rings. The lowest BCUT2D eigenvalue weighted by atomic mass is 9.86. The van der Waals surface area contributed by atoms with Crippen molar-refractivity contribution < 1.29 is 5.11 Å². The average molecular weight is 317 g/mol. The summed E-state index contributed by atoms with van der Waals surface area (Å²) in [6, 6.07) is 6.54. The fraction of sp³-hybridized carbons (Fsp3) is 0.529. The first-order chi connectivity index (χ1) is 10.8. The quantitative estimate of drug-likeness (QED) is 0.920. The molecule has 4 nitrogen and oxygen atoms in total. The molecule has 1 saturated carbocycles. The summed E-state index contributed by atoms with van der Waals surface area (Å²) in [5, 5.41) is 12.4. The monoisotopic (exact) mass is 317 g/mol. The molecule has 0 atom stereocenters. The molecule has 0 aromatic carbocycles. The van der Waals surface area contributed by atoms with Gasteiger partial charge in [-0.15, -0.1) is 11.3 Å². The lowest BCUT2D eigenvalue weighted by molar-refractivity contribution is 0.123. The van der Waals surface area contributed by atoms with Crippen LogP contribution in [0.15, 0.2) is 29.8 Å². The van der Waals surface area contributed by atoms with Crippen LogP contribution >= 0.6 is 11.3 Å². The fourth-order valence-corrected chi connectivity index (χ4v) is 3.93. The molecule has 1 aliphatic carbocycles. The van der Waals surface area contributed by atoms with E-state index in [2.05, 4.69) is 22.3 Å². The van der Waals surface area contributed by atoms with Crippen LogP contribution in [0.5, 0.6) is 0 Å². The predicted molar refractivity (Wildman–Crippen MR) is 89.6 cm³/mol. The maximum absolute atomic E-state index is 9.23. The summed E-state index contributed by atoms with van der Waals surface area (Å²) in [6.07, 6.45) is 6.45. The van der Waals surface area contributed by atoms with Crippen molar-refractivity contribution in [1.29, 1.82) is 0 Å². The average Bonchev–Trinajstić information content (AvgIpc) is 3.04. The van der Waals surface area contributed by atoms with Gasteiger partial charge in [0, 0.05) is 30.8 Å². The summed E-state index contributed by atoms with van der Waals surface area (Å²) < 4.78 is 0. The number of hydrogen-bond acceptors (Lipinski definition) is 5. The minimum atomic E-state index is 0.343. The zero-order valence-electron chi connectivity index (χ0n) is 13.0. The molecule has 3 rings (SSSR count). The van der Waals surface area contributed by atoms with Gasteiger partial charge in [-0.25, -0.2) is 4.98 Å². The Morgan fingerprint density at radius 3 is 2.77 bits per heavy atom. The van der Waals surface area contributed by atoms with E-state index in [1.165, 1.54) is 12.8 Å². The SMILES string of the molecule is CN(Cc1csc(-c2ccccn2)n1)C1CCC(CO)CC1. The van der Waals surface area contributed by atoms with Crippen molar-refractivity contribution in [3.8, 4) is 10.7 Å². The first-order valence-corrected chi connectivity index (χ1v) is 8.81. The Hall–Kier alpha value is -1.30. The molecule has 0 saturated heterocycles. The molecule has 0 unspecified atom stereocenters. The van der Waals surface area contributed by atoms with Crippen LogP contribution in [0, 0.1) is 5.92 Å². The highest BCUT2D eigenvalue weighted by Crippen LogP contribution is 2.28. The van der Waals surface area contributed by atoms with Crippen molar-refractivity contribution in [2.75, 3.05) is 13.7 Å². The molecule has 2 aromatic rings. The third kappa shape index (κ3) is 3.72. The number of hydrogen-bond donors (Lipinski definition) is 1. The van der Waals surface area contributed by atoms with Gasteiger partial charge in [-0.3, -0.25) is 9.88 Å². The molecule has 0 spiro atoms. The van der Waals surface area contributed by atoms with Gasteiger partial charge in [-0.1, -0.05) is 6.07 Å². The topological polar surface area (TPSA) is 49.2 Å². The van der Waals surface area contributed by atoms with Crippen LogP contribution in [0.1, 0.15) is 31.4 Å². The summed E-state index contributed by atoms with van der Waals surface area (Å²) in [5.74, 6) is 0.514. The largest absolute Gasteiger partial charge is 0.396 e. The van der Waals surface area contributed by atoms with Crippen molar-refractivity contribution in [2.24, 2.45) is 5.92 Å². The fourth-order valence-electron chi connectivity index (χ4n) is 3.14. The molecule has 5 heteroatoms. The maximum atomic E-state index is 9.23. The highest BCUT2D eigenvalue weighted by atomic mass is 32.1. The number of rotatable bonds is 5. The van der Waals surface area contributed by atoms with E-state index in [1.54, 1.807) is 11.3 Å². The Bertz CT molecular complexity index is 579. The molecule has 0 amide bonds. The number of pyridine rings is 1. The number of aromatic nitrogens is 2. The van der Waals surface area contributed by atoms with Gasteiger partial charge in [0.15, 0.2) is 0 Å². The van der Waals surface area contributed by atoms with Crippen LogP contribution in [0.2, 0.25) is 0 Å². The molecule has 2 heterocycles. The van der Waals surface area contributed by atoms with Crippen molar-refractivity contribution in [3.05, 3.63) is 35.5 Å². The van der Waals surface area contributed by atoms with Gasteiger partial charge in [-0.05, 0) is 50.8 Å². The van der Waals surface area contributed by atoms with Gasteiger partial charge >= 0.3 is 0 Å². The lowest BCUT2D eigenvalue weighted by Gasteiger charge is -2.33. The van der Waals surface area contributed by atoms with E-state index in [1.807, 2.05) is 24.4 Å². The molecule has 1 N–H and O–H groups in total. The smallest absolute Gasteiger partial charge is 0.142 e. The normalized spacial score (nSPS) is 22.1. The number of thiazole rings is 1. The first-order valence-electron chi connectivity index (χ1n) is 7.93. The summed E-state index contributed by atoms with van der Waals surface area (Å²) in [7, 11) is 2.18. The Labute approximate surface area is 135 Å². The molecule has 0 radical (unpaired) electrons. The molecule has 0 bridgehead atoms. The first kappa shape index (κ1) is 15.6. The Kier molecular flexibility index (Phi) is 5.18. The Morgan fingerprint density at radius 2 is 2.09 bits per heavy atom. The molecule has 0 aliphatic heterocycles. The van der Waals surface area contributed by atoms with Crippen molar-refractivity contribution in [2.45, 2.75) is 38.3 Å². The summed E-state index contributed by atoms with van der Waals surface area (Å²) >= 11 is 1.66. The van der Waals surface area contributed by atoms with E-state index in [0.717, 1.165) is 35.8 Å². The van der Waals surface area contributed by atoms with Crippen molar-refractivity contribution in [1.82, 2.24) is 14.9 Å². The van der Waals surface area contributed by atoms with Crippen LogP contribution in [-0.2, 0) is 6.54 Å². The second kappa shape index (κ2) is 7.31.